The maximum Gasteiger partial charge on any atom is 0.0457 e. The molecule has 2 rings (SSSR count). The van der Waals surface area contributed by atoms with E-state index < -0.39 is 0 Å². The van der Waals surface area contributed by atoms with E-state index in [1.165, 1.54) is 5.56 Å². The molecule has 1 aliphatic rings. The Bertz CT molecular complexity index is 235. The quantitative estimate of drug-likeness (QED) is 0.686. The Morgan fingerprint density at radius 1 is 1.27 bits per heavy atom. The molecule has 2 N–H and O–H groups in total. The van der Waals surface area contributed by atoms with E-state index in [1.807, 2.05) is 17.8 Å². The lowest BCUT2D eigenvalue weighted by molar-refractivity contribution is 0.687. The summed E-state index contributed by atoms with van der Waals surface area (Å²) in [7, 11) is 0. The smallest absolute Gasteiger partial charge is 0.0457 e. The SMILES string of the molecule is NC1CSC1c1ccccc1. The number of hydrogen-bond donors (Lipinski definition) is 1. The topological polar surface area (TPSA) is 26.0 Å². The minimum Gasteiger partial charge on any atom is -0.326 e. The Hall–Kier alpha value is -0.470. The van der Waals surface area contributed by atoms with Gasteiger partial charge in [0.2, 0.25) is 0 Å². The molecule has 58 valence electrons. The molecule has 0 bridgehead atoms. The van der Waals surface area contributed by atoms with E-state index in [-0.39, 0.29) is 0 Å². The first-order valence-electron chi connectivity index (χ1n) is 3.80. The van der Waals surface area contributed by atoms with Crippen LogP contribution in [0, 0.1) is 0 Å². The minimum absolute atomic E-state index is 0.377. The van der Waals surface area contributed by atoms with Gasteiger partial charge in [0.1, 0.15) is 0 Å². The summed E-state index contributed by atoms with van der Waals surface area (Å²) in [5.41, 5.74) is 7.21. The van der Waals surface area contributed by atoms with Crippen molar-refractivity contribution in [2.24, 2.45) is 5.73 Å². The van der Waals surface area contributed by atoms with Gasteiger partial charge in [0, 0.05) is 17.0 Å². The van der Waals surface area contributed by atoms with E-state index in [0.29, 0.717) is 11.3 Å². The van der Waals surface area contributed by atoms with Crippen LogP contribution in [0.15, 0.2) is 30.3 Å². The van der Waals surface area contributed by atoms with Crippen molar-refractivity contribution >= 4 is 11.8 Å². The highest BCUT2D eigenvalue weighted by atomic mass is 32.2. The molecule has 0 amide bonds. The molecule has 2 heteroatoms. The second-order valence-corrected chi connectivity index (χ2v) is 4.00. The molecular weight excluding hydrogens is 154 g/mol. The first kappa shape index (κ1) is 7.19. The Balaban J connectivity index is 2.17. The monoisotopic (exact) mass is 165 g/mol. The van der Waals surface area contributed by atoms with Crippen LogP contribution in [0.2, 0.25) is 0 Å². The number of rotatable bonds is 1. The van der Waals surface area contributed by atoms with Crippen molar-refractivity contribution in [3.63, 3.8) is 0 Å². The molecule has 1 fully saturated rings. The third-order valence-corrected chi connectivity index (χ3v) is 3.54. The summed E-state index contributed by atoms with van der Waals surface area (Å²) in [6.45, 7) is 0. The van der Waals surface area contributed by atoms with Crippen LogP contribution in [-0.4, -0.2) is 11.8 Å². The Morgan fingerprint density at radius 2 is 2.00 bits per heavy atom. The molecule has 0 saturated carbocycles. The highest BCUT2D eigenvalue weighted by Gasteiger charge is 2.29. The first-order valence-corrected chi connectivity index (χ1v) is 4.85. The van der Waals surface area contributed by atoms with Crippen LogP contribution < -0.4 is 5.73 Å². The molecular formula is C9H11NS. The molecule has 1 aromatic carbocycles. The van der Waals surface area contributed by atoms with Gasteiger partial charge < -0.3 is 5.73 Å². The molecule has 1 aliphatic heterocycles. The van der Waals surface area contributed by atoms with E-state index in [0.717, 1.165) is 5.75 Å². The second-order valence-electron chi connectivity index (χ2n) is 2.83. The number of nitrogens with two attached hydrogens (primary N) is 1. The predicted octanol–water partition coefficient (Wildman–Crippen LogP) is 1.80. The summed E-state index contributed by atoms with van der Waals surface area (Å²) in [6, 6.07) is 10.9. The third kappa shape index (κ3) is 1.28. The fraction of sp³-hybridized carbons (Fsp3) is 0.333. The van der Waals surface area contributed by atoms with Crippen LogP contribution in [0.25, 0.3) is 0 Å². The van der Waals surface area contributed by atoms with Crippen molar-refractivity contribution < 1.29 is 0 Å². The molecule has 2 atom stereocenters. The van der Waals surface area contributed by atoms with Gasteiger partial charge >= 0.3 is 0 Å². The molecule has 1 nitrogen and oxygen atoms in total. The zero-order chi connectivity index (χ0) is 7.68. The molecule has 1 saturated heterocycles. The minimum atomic E-state index is 0.377. The lowest BCUT2D eigenvalue weighted by Gasteiger charge is -2.33. The fourth-order valence-corrected chi connectivity index (χ4v) is 2.25. The van der Waals surface area contributed by atoms with Gasteiger partial charge in [-0.2, -0.15) is 11.8 Å². The van der Waals surface area contributed by atoms with E-state index in [9.17, 15) is 0 Å². The largest absolute Gasteiger partial charge is 0.326 e. The van der Waals surface area contributed by atoms with Gasteiger partial charge in [-0.3, -0.25) is 0 Å². The van der Waals surface area contributed by atoms with Crippen LogP contribution in [0.4, 0.5) is 0 Å². The zero-order valence-corrected chi connectivity index (χ0v) is 7.05. The summed E-state index contributed by atoms with van der Waals surface area (Å²) in [5, 5.41) is 0.552. The third-order valence-electron chi connectivity index (χ3n) is 1.99. The van der Waals surface area contributed by atoms with E-state index in [2.05, 4.69) is 24.3 Å². The fourth-order valence-electron chi connectivity index (χ4n) is 1.29. The van der Waals surface area contributed by atoms with E-state index in [1.54, 1.807) is 0 Å². The van der Waals surface area contributed by atoms with Gasteiger partial charge in [0.25, 0.3) is 0 Å². The molecule has 0 aliphatic carbocycles. The molecule has 0 spiro atoms. The highest BCUT2D eigenvalue weighted by molar-refractivity contribution is 8.01. The van der Waals surface area contributed by atoms with Crippen molar-refractivity contribution in [3.05, 3.63) is 35.9 Å². The van der Waals surface area contributed by atoms with Gasteiger partial charge in [0.15, 0.2) is 0 Å². The highest BCUT2D eigenvalue weighted by Crippen LogP contribution is 2.40. The molecule has 1 heterocycles. The van der Waals surface area contributed by atoms with Crippen LogP contribution in [-0.2, 0) is 0 Å². The second kappa shape index (κ2) is 2.88. The molecule has 0 aromatic heterocycles. The summed E-state index contributed by atoms with van der Waals surface area (Å²) in [6.07, 6.45) is 0. The van der Waals surface area contributed by atoms with Crippen LogP contribution in [0.3, 0.4) is 0 Å². The van der Waals surface area contributed by atoms with Crippen molar-refractivity contribution in [1.82, 2.24) is 0 Å². The van der Waals surface area contributed by atoms with Crippen molar-refractivity contribution in [2.75, 3.05) is 5.75 Å². The van der Waals surface area contributed by atoms with Gasteiger partial charge in [-0.1, -0.05) is 30.3 Å². The van der Waals surface area contributed by atoms with Gasteiger partial charge in [-0.05, 0) is 5.56 Å². The summed E-state index contributed by atoms with van der Waals surface area (Å²) in [5.74, 6) is 1.11. The summed E-state index contributed by atoms with van der Waals surface area (Å²) >= 11 is 1.94. The number of benzene rings is 1. The summed E-state index contributed by atoms with van der Waals surface area (Å²) < 4.78 is 0. The zero-order valence-electron chi connectivity index (χ0n) is 6.23. The maximum absolute atomic E-state index is 5.83. The summed E-state index contributed by atoms with van der Waals surface area (Å²) in [4.78, 5) is 0. The maximum atomic E-state index is 5.83. The number of thioether (sulfide) groups is 1. The predicted molar refractivity (Wildman–Crippen MR) is 49.6 cm³/mol. The van der Waals surface area contributed by atoms with Crippen molar-refractivity contribution in [1.29, 1.82) is 0 Å². The normalized spacial score (nSPS) is 29.5. The average Bonchev–Trinajstić information content (AvgIpc) is 2.04. The van der Waals surface area contributed by atoms with Crippen LogP contribution in [0.5, 0.6) is 0 Å². The van der Waals surface area contributed by atoms with E-state index >= 15 is 0 Å². The lowest BCUT2D eigenvalue weighted by Crippen LogP contribution is -2.37. The van der Waals surface area contributed by atoms with Gasteiger partial charge in [-0.25, -0.2) is 0 Å². The molecule has 2 unspecified atom stereocenters. The lowest BCUT2D eigenvalue weighted by atomic mass is 10.1. The first-order chi connectivity index (χ1) is 5.38. The molecule has 1 aromatic rings. The number of hydrogen-bond acceptors (Lipinski definition) is 2. The van der Waals surface area contributed by atoms with E-state index in [4.69, 9.17) is 5.73 Å². The molecule has 0 radical (unpaired) electrons. The van der Waals surface area contributed by atoms with Crippen LogP contribution in [0.1, 0.15) is 10.8 Å². The van der Waals surface area contributed by atoms with Gasteiger partial charge in [-0.15, -0.1) is 0 Å². The van der Waals surface area contributed by atoms with Crippen molar-refractivity contribution in [3.8, 4) is 0 Å². The Morgan fingerprint density at radius 3 is 2.45 bits per heavy atom. The standard InChI is InChI=1S/C9H11NS/c10-8-6-11-9(8)7-4-2-1-3-5-7/h1-5,8-9H,6,10H2. The van der Waals surface area contributed by atoms with Crippen LogP contribution >= 0.6 is 11.8 Å². The Labute approximate surface area is 71.0 Å². The average molecular weight is 165 g/mol. The Kier molecular flexibility index (Phi) is 1.88. The van der Waals surface area contributed by atoms with Crippen molar-refractivity contribution in [2.45, 2.75) is 11.3 Å². The molecule has 11 heavy (non-hydrogen) atoms. The van der Waals surface area contributed by atoms with Gasteiger partial charge in [0.05, 0.1) is 0 Å².